The zero-order chi connectivity index (χ0) is 58.1. The van der Waals surface area contributed by atoms with Crippen molar-refractivity contribution in [2.24, 2.45) is 5.41 Å². The first-order valence-electron chi connectivity index (χ1n) is 31.5. The van der Waals surface area contributed by atoms with Crippen LogP contribution < -0.4 is 5.32 Å². The molecule has 454 valence electrons. The second-order valence-corrected chi connectivity index (χ2v) is 24.2. The molecule has 1 aliphatic carbocycles. The Balaban J connectivity index is 2.44. The molecule has 1 rings (SSSR count). The minimum atomic E-state index is -4.64. The molecule has 0 aromatic rings. The number of carbonyl (C=O) groups excluding carboxylic acids is 4. The number of phosphoric acid groups is 1. The topological polar surface area (TPSA) is 164 Å². The molecule has 0 fully saturated rings. The zero-order valence-corrected chi connectivity index (χ0v) is 52.1. The summed E-state index contributed by atoms with van der Waals surface area (Å²) < 4.78 is 39.5. The van der Waals surface area contributed by atoms with Crippen molar-refractivity contribution in [2.75, 3.05) is 33.0 Å². The molecule has 79 heavy (non-hydrogen) atoms. The van der Waals surface area contributed by atoms with Crippen molar-refractivity contribution < 1.29 is 51.9 Å². The van der Waals surface area contributed by atoms with Crippen molar-refractivity contribution in [3.8, 4) is 0 Å². The van der Waals surface area contributed by atoms with E-state index < -0.39 is 38.4 Å². The van der Waals surface area contributed by atoms with Gasteiger partial charge in [0.2, 0.25) is 5.91 Å². The van der Waals surface area contributed by atoms with Crippen LogP contribution in [0.25, 0.3) is 0 Å². The third-order valence-corrected chi connectivity index (χ3v) is 15.6. The number of allylic oxidation sites excluding steroid dienone is 11. The maximum atomic E-state index is 12.9. The van der Waals surface area contributed by atoms with E-state index in [1.807, 2.05) is 13.0 Å². The second-order valence-electron chi connectivity index (χ2n) is 22.7. The SMILES string of the molecule is CCCCCCCC/C=C\CCCCCCCC(=O)OC[C@H](COP(=O)(O)OCCNC(=O)CCCC(=O)OC/C=C(\C)CC/C=C(C)/C=C/C1=C(C)CCCC1(C)C)OC(=O)CCCCCCC/C=C\CCCCCCCC. The maximum Gasteiger partial charge on any atom is 0.472 e. The van der Waals surface area contributed by atoms with Crippen LogP contribution in [-0.2, 0) is 47.0 Å². The molecular formula is C66H114NO11P. The van der Waals surface area contributed by atoms with Crippen molar-refractivity contribution >= 4 is 31.6 Å². The molecule has 0 aromatic carbocycles. The Kier molecular flexibility index (Phi) is 45.6. The van der Waals surface area contributed by atoms with E-state index in [4.69, 9.17) is 23.3 Å². The lowest BCUT2D eigenvalue weighted by molar-refractivity contribution is -0.161. The fourth-order valence-electron chi connectivity index (χ4n) is 9.62. The molecule has 2 N–H and O–H groups in total. The van der Waals surface area contributed by atoms with Gasteiger partial charge in [0, 0.05) is 32.2 Å². The van der Waals surface area contributed by atoms with E-state index in [0.717, 1.165) is 95.5 Å². The monoisotopic (exact) mass is 1130 g/mol. The molecule has 0 saturated carbocycles. The van der Waals surface area contributed by atoms with E-state index in [-0.39, 0.29) is 69.8 Å². The highest BCUT2D eigenvalue weighted by atomic mass is 31.2. The smallest absolute Gasteiger partial charge is 0.462 e. The Morgan fingerprint density at radius 2 is 1.11 bits per heavy atom. The van der Waals surface area contributed by atoms with Crippen molar-refractivity contribution in [1.29, 1.82) is 0 Å². The highest BCUT2D eigenvalue weighted by molar-refractivity contribution is 7.47. The Labute approximate surface area is 481 Å². The van der Waals surface area contributed by atoms with Gasteiger partial charge >= 0.3 is 25.7 Å². The highest BCUT2D eigenvalue weighted by Crippen LogP contribution is 2.43. The third kappa shape index (κ3) is 44.7. The van der Waals surface area contributed by atoms with Gasteiger partial charge in [0.25, 0.3) is 0 Å². The normalized spacial score (nSPS) is 15.3. The van der Waals surface area contributed by atoms with Gasteiger partial charge in [-0.15, -0.1) is 0 Å². The number of rotatable bonds is 51. The van der Waals surface area contributed by atoms with Crippen molar-refractivity contribution in [2.45, 2.75) is 286 Å². The average molecular weight is 1130 g/mol. The summed E-state index contributed by atoms with van der Waals surface area (Å²) in [6.45, 7) is 14.4. The molecule has 0 aliphatic heterocycles. The van der Waals surface area contributed by atoms with E-state index in [1.165, 1.54) is 113 Å². The lowest BCUT2D eigenvalue weighted by Crippen LogP contribution is -2.30. The number of esters is 3. The Hall–Kier alpha value is -3.57. The lowest BCUT2D eigenvalue weighted by Gasteiger charge is -2.32. The third-order valence-electron chi connectivity index (χ3n) is 14.6. The van der Waals surface area contributed by atoms with Gasteiger partial charge in [-0.1, -0.05) is 190 Å². The molecule has 0 aromatic heterocycles. The molecule has 0 spiro atoms. The Bertz CT molecular complexity index is 1860. The van der Waals surface area contributed by atoms with Crippen LogP contribution in [-0.4, -0.2) is 67.8 Å². The van der Waals surface area contributed by atoms with Crippen molar-refractivity contribution in [1.82, 2.24) is 5.32 Å². The predicted molar refractivity (Wildman–Crippen MR) is 326 cm³/mol. The van der Waals surface area contributed by atoms with Crippen LogP contribution in [0, 0.1) is 5.41 Å². The van der Waals surface area contributed by atoms with Crippen LogP contribution in [0.1, 0.15) is 280 Å². The van der Waals surface area contributed by atoms with E-state index in [2.05, 4.69) is 89.4 Å². The summed E-state index contributed by atoms with van der Waals surface area (Å²) in [6, 6.07) is 0. The number of hydrogen-bond donors (Lipinski definition) is 2. The molecule has 1 unspecified atom stereocenters. The zero-order valence-electron chi connectivity index (χ0n) is 51.2. The summed E-state index contributed by atoms with van der Waals surface area (Å²) in [4.78, 5) is 60.8. The quantitative estimate of drug-likeness (QED) is 0.0149. The van der Waals surface area contributed by atoms with Crippen LogP contribution >= 0.6 is 7.82 Å². The summed E-state index contributed by atoms with van der Waals surface area (Å²) >= 11 is 0. The van der Waals surface area contributed by atoms with Gasteiger partial charge in [-0.2, -0.15) is 0 Å². The number of amides is 1. The molecule has 12 nitrogen and oxygen atoms in total. The second kappa shape index (κ2) is 49.1. The first-order valence-corrected chi connectivity index (χ1v) is 33.0. The van der Waals surface area contributed by atoms with E-state index in [9.17, 15) is 28.6 Å². The first kappa shape index (κ1) is 73.4. The maximum absolute atomic E-state index is 12.9. The van der Waals surface area contributed by atoms with E-state index in [0.29, 0.717) is 12.8 Å². The molecule has 0 saturated heterocycles. The Morgan fingerprint density at radius 1 is 0.608 bits per heavy atom. The standard InChI is InChI=1S/C66H114NO11P/c1-8-10-12-14-16-18-20-22-24-26-28-30-32-34-36-45-64(70)75-55-60(78-65(71)46-37-35-33-31-29-27-25-23-21-19-17-15-13-11-9-2)56-77-79(72,73)76-54-52-67-62(68)44-39-47-63(69)74-53-50-58(4)42-38-41-57(3)48-49-61-59(5)43-40-51-66(61,6)7/h22-25,41,48-50,60H,8-21,26-40,42-47,51-56H2,1-7H3,(H,67,68)(H,72,73)/b24-22-,25-23-,49-48+,57-41+,58-50+/t60-/m1/s1. The lowest BCUT2D eigenvalue weighted by atomic mass is 9.72. The van der Waals surface area contributed by atoms with E-state index >= 15 is 0 Å². The van der Waals surface area contributed by atoms with Gasteiger partial charge in [0.05, 0.1) is 13.2 Å². The van der Waals surface area contributed by atoms with Gasteiger partial charge in [0.1, 0.15) is 13.2 Å². The fraction of sp³-hybridized carbons (Fsp3) is 0.758. The van der Waals surface area contributed by atoms with Gasteiger partial charge in [-0.05, 0) is 141 Å². The van der Waals surface area contributed by atoms with Crippen molar-refractivity contribution in [3.63, 3.8) is 0 Å². The number of phosphoric ester groups is 1. The fourth-order valence-corrected chi connectivity index (χ4v) is 10.4. The molecule has 0 bridgehead atoms. The number of unbranched alkanes of at least 4 members (excludes halogenated alkanes) is 22. The molecule has 13 heteroatoms. The average Bonchev–Trinajstić information content (AvgIpc) is 3.40. The molecular weight excluding hydrogens is 1010 g/mol. The number of hydrogen-bond acceptors (Lipinski definition) is 10. The molecule has 1 amide bonds. The minimum absolute atomic E-state index is 0.0613. The van der Waals surface area contributed by atoms with Crippen LogP contribution in [0.5, 0.6) is 0 Å². The van der Waals surface area contributed by atoms with Crippen LogP contribution in [0.3, 0.4) is 0 Å². The molecule has 2 atom stereocenters. The van der Waals surface area contributed by atoms with Crippen LogP contribution in [0.15, 0.2) is 70.9 Å². The molecule has 1 aliphatic rings. The molecule has 0 radical (unpaired) electrons. The van der Waals surface area contributed by atoms with Crippen LogP contribution in [0.2, 0.25) is 0 Å². The number of nitrogens with one attached hydrogen (secondary N) is 1. The first-order chi connectivity index (χ1) is 38.1. The molecule has 0 heterocycles. The van der Waals surface area contributed by atoms with Crippen LogP contribution in [0.4, 0.5) is 0 Å². The summed E-state index contributed by atoms with van der Waals surface area (Å²) in [7, 11) is -4.64. The summed E-state index contributed by atoms with van der Waals surface area (Å²) in [5, 5.41) is 2.61. The largest absolute Gasteiger partial charge is 0.472 e. The van der Waals surface area contributed by atoms with Gasteiger partial charge in [0.15, 0.2) is 6.10 Å². The summed E-state index contributed by atoms with van der Waals surface area (Å²) in [5.74, 6) is -1.68. The van der Waals surface area contributed by atoms with Gasteiger partial charge in [-0.3, -0.25) is 28.2 Å². The number of ether oxygens (including phenoxy) is 3. The van der Waals surface area contributed by atoms with Gasteiger partial charge < -0.3 is 24.4 Å². The minimum Gasteiger partial charge on any atom is -0.462 e. The number of carbonyl (C=O) groups is 4. The van der Waals surface area contributed by atoms with Crippen molar-refractivity contribution in [3.05, 3.63) is 70.9 Å². The predicted octanol–water partition coefficient (Wildman–Crippen LogP) is 18.2. The van der Waals surface area contributed by atoms with Gasteiger partial charge in [-0.25, -0.2) is 4.57 Å². The summed E-state index contributed by atoms with van der Waals surface area (Å²) in [5.41, 5.74) is 5.53. The van der Waals surface area contributed by atoms with E-state index in [1.54, 1.807) is 0 Å². The highest BCUT2D eigenvalue weighted by Gasteiger charge is 2.27. The Morgan fingerprint density at radius 3 is 1.67 bits per heavy atom. The summed E-state index contributed by atoms with van der Waals surface area (Å²) in [6.07, 6.45) is 52.7.